The van der Waals surface area contributed by atoms with E-state index in [4.69, 9.17) is 0 Å². The molecule has 1 unspecified atom stereocenters. The first kappa shape index (κ1) is 24.2. The zero-order valence-electron chi connectivity index (χ0n) is 17.9. The molecule has 0 N–H and O–H groups in total. The van der Waals surface area contributed by atoms with Crippen molar-refractivity contribution in [1.29, 1.82) is 0 Å². The molecule has 2 aliphatic heterocycles. The number of Topliss-reactive ketones (excluding diaryl/α,β-unsaturated/α-hetero) is 1. The van der Waals surface area contributed by atoms with Crippen molar-refractivity contribution in [2.24, 2.45) is 11.3 Å². The van der Waals surface area contributed by atoms with Gasteiger partial charge in [0.2, 0.25) is 5.91 Å². The summed E-state index contributed by atoms with van der Waals surface area (Å²) in [6.45, 7) is -0.279. The van der Waals surface area contributed by atoms with Gasteiger partial charge in [-0.15, -0.1) is 0 Å². The number of amides is 2. The van der Waals surface area contributed by atoms with Gasteiger partial charge in [0.1, 0.15) is 11.8 Å². The van der Waals surface area contributed by atoms with E-state index in [1.165, 1.54) is 24.3 Å². The van der Waals surface area contributed by atoms with E-state index < -0.39 is 76.0 Å². The zero-order valence-corrected chi connectivity index (χ0v) is 18.8. The van der Waals surface area contributed by atoms with Gasteiger partial charge in [-0.2, -0.15) is 13.2 Å². The summed E-state index contributed by atoms with van der Waals surface area (Å²) in [6, 6.07) is 3.62. The van der Waals surface area contributed by atoms with Gasteiger partial charge in [0.15, 0.2) is 0 Å². The highest BCUT2D eigenvalue weighted by Crippen LogP contribution is 2.57. The van der Waals surface area contributed by atoms with Crippen molar-refractivity contribution in [3.05, 3.63) is 30.3 Å². The van der Waals surface area contributed by atoms with E-state index in [-0.39, 0.29) is 29.2 Å². The lowest BCUT2D eigenvalue weighted by Gasteiger charge is -2.50. The van der Waals surface area contributed by atoms with Crippen LogP contribution in [0.2, 0.25) is 0 Å². The molecule has 1 saturated carbocycles. The van der Waals surface area contributed by atoms with Crippen molar-refractivity contribution in [2.75, 3.05) is 13.7 Å². The average molecular weight is 502 g/mol. The summed E-state index contributed by atoms with van der Waals surface area (Å²) in [6.07, 6.45) is -6.72. The third kappa shape index (κ3) is 3.48. The van der Waals surface area contributed by atoms with Crippen LogP contribution in [0.1, 0.15) is 25.7 Å². The summed E-state index contributed by atoms with van der Waals surface area (Å²) in [4.78, 5) is 51.1. The van der Waals surface area contributed by atoms with Crippen LogP contribution >= 0.6 is 0 Å². The number of carbonyl (C=O) groups is 4. The van der Waals surface area contributed by atoms with Gasteiger partial charge in [-0.3, -0.25) is 14.4 Å². The molecule has 3 aliphatic rings. The first-order valence-electron chi connectivity index (χ1n) is 10.5. The molecular weight excluding hydrogens is 481 g/mol. The summed E-state index contributed by atoms with van der Waals surface area (Å²) >= 11 is 0. The van der Waals surface area contributed by atoms with Gasteiger partial charge in [0.05, 0.1) is 23.5 Å². The van der Waals surface area contributed by atoms with Gasteiger partial charge < -0.3 is 9.64 Å². The molecule has 1 aliphatic carbocycles. The van der Waals surface area contributed by atoms with Crippen molar-refractivity contribution in [2.45, 2.75) is 48.8 Å². The molecule has 184 valence electrons. The molecule has 0 bridgehead atoms. The standard InChI is InChI=1S/C21H21F3N2O7S/c1-33-17(28)15-11-20-12(9-13(27)10-16(20)26(15)19(30)21(22,23)24)7-8-25(18(20)29)34(31,32)14-5-3-2-4-6-14/h2-6,12,15-16H,7-11H2,1H3/t12-,15?,16-,20-/m0/s1. The fraction of sp³-hybridized carbons (Fsp3) is 0.524. The van der Waals surface area contributed by atoms with E-state index in [0.29, 0.717) is 4.31 Å². The van der Waals surface area contributed by atoms with Crippen LogP contribution in [0.5, 0.6) is 0 Å². The molecule has 2 saturated heterocycles. The highest BCUT2D eigenvalue weighted by atomic mass is 32.2. The molecule has 2 heterocycles. The molecular formula is C21H21F3N2O7S. The maximum Gasteiger partial charge on any atom is 0.471 e. The molecule has 0 radical (unpaired) electrons. The number of ketones is 1. The quantitative estimate of drug-likeness (QED) is 0.572. The molecule has 2 amide bonds. The Kier molecular flexibility index (Phi) is 5.74. The maximum atomic E-state index is 13.8. The summed E-state index contributed by atoms with van der Waals surface area (Å²) in [5.74, 6) is -5.87. The number of likely N-dealkylation sites (tertiary alicyclic amines) is 1. The second-order valence-electron chi connectivity index (χ2n) is 8.64. The highest BCUT2D eigenvalue weighted by Gasteiger charge is 2.70. The van der Waals surface area contributed by atoms with Crippen molar-refractivity contribution in [3.8, 4) is 0 Å². The van der Waals surface area contributed by atoms with Crippen LogP contribution in [0, 0.1) is 11.3 Å². The molecule has 13 heteroatoms. The smallest absolute Gasteiger partial charge is 0.467 e. The lowest BCUT2D eigenvalue weighted by atomic mass is 9.59. The largest absolute Gasteiger partial charge is 0.471 e. The summed E-state index contributed by atoms with van der Waals surface area (Å²) in [5.41, 5.74) is -1.85. The third-order valence-electron chi connectivity index (χ3n) is 7.01. The first-order chi connectivity index (χ1) is 15.9. The monoisotopic (exact) mass is 502 g/mol. The van der Waals surface area contributed by atoms with E-state index >= 15 is 0 Å². The molecule has 1 aromatic rings. The van der Waals surface area contributed by atoms with Gasteiger partial charge in [-0.1, -0.05) is 18.2 Å². The van der Waals surface area contributed by atoms with E-state index in [1.807, 2.05) is 0 Å². The van der Waals surface area contributed by atoms with E-state index in [2.05, 4.69) is 4.74 Å². The van der Waals surface area contributed by atoms with Gasteiger partial charge in [-0.25, -0.2) is 17.5 Å². The highest BCUT2D eigenvalue weighted by molar-refractivity contribution is 7.89. The number of sulfonamides is 1. The Labute approximate surface area is 192 Å². The first-order valence-corrected chi connectivity index (χ1v) is 11.9. The average Bonchev–Trinajstić information content (AvgIpc) is 3.12. The van der Waals surface area contributed by atoms with Crippen LogP contribution in [0.3, 0.4) is 0 Å². The van der Waals surface area contributed by atoms with Gasteiger partial charge >= 0.3 is 18.1 Å². The number of ether oxygens (including phenoxy) is 1. The molecule has 4 atom stereocenters. The van der Waals surface area contributed by atoms with Crippen LogP contribution < -0.4 is 0 Å². The van der Waals surface area contributed by atoms with E-state index in [0.717, 1.165) is 7.11 Å². The fourth-order valence-corrected chi connectivity index (χ4v) is 7.07. The topological polar surface area (TPSA) is 118 Å². The Balaban J connectivity index is 1.85. The minimum Gasteiger partial charge on any atom is -0.467 e. The number of piperidine rings is 1. The van der Waals surface area contributed by atoms with Crippen LogP contribution in [-0.4, -0.2) is 73.1 Å². The van der Waals surface area contributed by atoms with E-state index in [9.17, 15) is 40.8 Å². The number of rotatable bonds is 3. The van der Waals surface area contributed by atoms with Gasteiger partial charge in [0, 0.05) is 19.4 Å². The van der Waals surface area contributed by atoms with Crippen LogP contribution in [0.25, 0.3) is 0 Å². The van der Waals surface area contributed by atoms with Crippen LogP contribution in [0.15, 0.2) is 35.2 Å². The Morgan fingerprint density at radius 1 is 1.12 bits per heavy atom. The number of hydrogen-bond acceptors (Lipinski definition) is 7. The van der Waals surface area contributed by atoms with Crippen molar-refractivity contribution in [3.63, 3.8) is 0 Å². The summed E-state index contributed by atoms with van der Waals surface area (Å²) in [7, 11) is -3.45. The molecule has 3 fully saturated rings. The predicted octanol–water partition coefficient (Wildman–Crippen LogP) is 1.28. The summed E-state index contributed by atoms with van der Waals surface area (Å²) < 4.78 is 72.2. The summed E-state index contributed by atoms with van der Waals surface area (Å²) in [5, 5.41) is 0. The maximum absolute atomic E-state index is 13.8. The lowest BCUT2D eigenvalue weighted by molar-refractivity contribution is -0.193. The minimum atomic E-state index is -5.39. The number of carbonyl (C=O) groups excluding carboxylic acids is 4. The molecule has 1 spiro atoms. The molecule has 34 heavy (non-hydrogen) atoms. The Bertz CT molecular complexity index is 1150. The van der Waals surface area contributed by atoms with Crippen molar-refractivity contribution >= 4 is 33.6 Å². The second-order valence-corrected chi connectivity index (χ2v) is 10.5. The normalized spacial score (nSPS) is 29.5. The molecule has 0 aromatic heterocycles. The van der Waals surface area contributed by atoms with Crippen molar-refractivity contribution < 1.29 is 45.5 Å². The van der Waals surface area contributed by atoms with Crippen LogP contribution in [-0.2, 0) is 33.9 Å². The van der Waals surface area contributed by atoms with Crippen LogP contribution in [0.4, 0.5) is 13.2 Å². The number of hydrogen-bond donors (Lipinski definition) is 0. The number of esters is 1. The Hall–Kier alpha value is -2.96. The molecule has 1 aromatic carbocycles. The molecule has 9 nitrogen and oxygen atoms in total. The number of nitrogens with zero attached hydrogens (tertiary/aromatic N) is 2. The SMILES string of the molecule is COC(=O)C1C[C@]23C(=O)N(S(=O)(=O)c4ccccc4)CC[C@H]2CC(=O)C[C@@H]3N1C(=O)C(F)(F)F. The van der Waals surface area contributed by atoms with E-state index in [1.54, 1.807) is 6.07 Å². The minimum absolute atomic E-state index is 0.00197. The predicted molar refractivity (Wildman–Crippen MR) is 107 cm³/mol. The lowest BCUT2D eigenvalue weighted by Crippen LogP contribution is -2.63. The molecule has 4 rings (SSSR count). The number of methoxy groups -OCH3 is 1. The number of alkyl halides is 3. The third-order valence-corrected chi connectivity index (χ3v) is 8.80. The number of halogens is 3. The van der Waals surface area contributed by atoms with Gasteiger partial charge in [0.25, 0.3) is 10.0 Å². The number of benzene rings is 1. The zero-order chi connectivity index (χ0) is 25.1. The Morgan fingerprint density at radius 2 is 1.76 bits per heavy atom. The second kappa shape index (κ2) is 8.07. The van der Waals surface area contributed by atoms with Gasteiger partial charge in [-0.05, 0) is 30.9 Å². The fourth-order valence-electron chi connectivity index (χ4n) is 5.58. The van der Waals surface area contributed by atoms with Crippen molar-refractivity contribution in [1.82, 2.24) is 9.21 Å². The Morgan fingerprint density at radius 3 is 2.35 bits per heavy atom.